The van der Waals surface area contributed by atoms with Gasteiger partial charge in [-0.05, 0) is 43.4 Å². The van der Waals surface area contributed by atoms with Gasteiger partial charge >= 0.3 is 0 Å². The number of rotatable bonds is 1. The predicted octanol–water partition coefficient (Wildman–Crippen LogP) is 3.22. The smallest absolute Gasteiger partial charge is 0.0375 e. The van der Waals surface area contributed by atoms with E-state index in [1.54, 1.807) is 0 Å². The highest BCUT2D eigenvalue weighted by molar-refractivity contribution is 5.85. The molecule has 1 atom stereocenters. The monoisotopic (exact) mass is 212 g/mol. The van der Waals surface area contributed by atoms with Crippen LogP contribution >= 0.6 is 0 Å². The van der Waals surface area contributed by atoms with E-state index in [1.807, 2.05) is 12.4 Å². The summed E-state index contributed by atoms with van der Waals surface area (Å²) in [4.78, 5) is 6.67. The first kappa shape index (κ1) is 9.64. The van der Waals surface area contributed by atoms with Gasteiger partial charge in [0.2, 0.25) is 0 Å². The predicted molar refractivity (Wildman–Crippen MR) is 67.8 cm³/mol. The number of hydrogen-bond acceptors (Lipinski definition) is 2. The van der Waals surface area contributed by atoms with Crippen LogP contribution in [0.3, 0.4) is 0 Å². The van der Waals surface area contributed by atoms with Crippen molar-refractivity contribution in [2.24, 2.45) is 0 Å². The Kier molecular flexibility index (Phi) is 2.28. The Hall–Kier alpha value is -1.57. The summed E-state index contributed by atoms with van der Waals surface area (Å²) >= 11 is 0. The molecule has 0 amide bonds. The Morgan fingerprint density at radius 3 is 3.00 bits per heavy atom. The van der Waals surface area contributed by atoms with Crippen molar-refractivity contribution < 1.29 is 0 Å². The minimum Gasteiger partial charge on any atom is -0.369 e. The zero-order valence-electron chi connectivity index (χ0n) is 9.56. The van der Waals surface area contributed by atoms with Gasteiger partial charge in [0, 0.05) is 36.1 Å². The number of anilines is 1. The summed E-state index contributed by atoms with van der Waals surface area (Å²) in [5.41, 5.74) is 1.34. The Labute approximate surface area is 95.9 Å². The Balaban J connectivity index is 2.04. The van der Waals surface area contributed by atoms with Gasteiger partial charge in [-0.25, -0.2) is 0 Å². The third-order valence-corrected chi connectivity index (χ3v) is 3.51. The summed E-state index contributed by atoms with van der Waals surface area (Å²) in [6.45, 7) is 3.49. The van der Waals surface area contributed by atoms with Crippen LogP contribution in [0.5, 0.6) is 0 Å². The maximum atomic E-state index is 4.18. The van der Waals surface area contributed by atoms with Gasteiger partial charge < -0.3 is 4.90 Å². The first-order valence-corrected chi connectivity index (χ1v) is 5.95. The molecule has 2 nitrogen and oxygen atoms in total. The minimum absolute atomic E-state index is 0.675. The molecule has 1 aliphatic heterocycles. The summed E-state index contributed by atoms with van der Waals surface area (Å²) in [6, 6.07) is 9.41. The molecule has 0 saturated carbocycles. The molecule has 0 aliphatic carbocycles. The summed E-state index contributed by atoms with van der Waals surface area (Å²) < 4.78 is 0. The fourth-order valence-electron chi connectivity index (χ4n) is 2.57. The second-order valence-corrected chi connectivity index (χ2v) is 4.59. The van der Waals surface area contributed by atoms with E-state index in [1.165, 1.54) is 35.8 Å². The van der Waals surface area contributed by atoms with Crippen molar-refractivity contribution >= 4 is 16.5 Å². The Bertz CT molecular complexity index is 507. The molecule has 1 unspecified atom stereocenters. The van der Waals surface area contributed by atoms with E-state index in [0.29, 0.717) is 6.04 Å². The van der Waals surface area contributed by atoms with Crippen molar-refractivity contribution in [1.29, 1.82) is 0 Å². The second kappa shape index (κ2) is 3.78. The fraction of sp³-hybridized carbons (Fsp3) is 0.357. The van der Waals surface area contributed by atoms with Crippen LogP contribution in [-0.4, -0.2) is 17.6 Å². The third kappa shape index (κ3) is 1.54. The highest BCUT2D eigenvalue weighted by atomic mass is 15.2. The number of hydrogen-bond donors (Lipinski definition) is 0. The molecule has 16 heavy (non-hydrogen) atoms. The van der Waals surface area contributed by atoms with Crippen LogP contribution in [0.1, 0.15) is 19.8 Å². The normalized spacial score (nSPS) is 20.6. The van der Waals surface area contributed by atoms with Gasteiger partial charge in [0.05, 0.1) is 0 Å². The van der Waals surface area contributed by atoms with Gasteiger partial charge in [-0.3, -0.25) is 4.98 Å². The second-order valence-electron chi connectivity index (χ2n) is 4.59. The van der Waals surface area contributed by atoms with E-state index in [2.05, 4.69) is 41.1 Å². The molecule has 0 N–H and O–H groups in total. The molecule has 1 aliphatic rings. The number of benzene rings is 1. The van der Waals surface area contributed by atoms with Crippen molar-refractivity contribution in [2.45, 2.75) is 25.8 Å². The van der Waals surface area contributed by atoms with Crippen LogP contribution in [0.4, 0.5) is 5.69 Å². The van der Waals surface area contributed by atoms with Gasteiger partial charge in [0.15, 0.2) is 0 Å². The van der Waals surface area contributed by atoms with E-state index in [0.717, 1.165) is 0 Å². The van der Waals surface area contributed by atoms with Crippen molar-refractivity contribution in [2.75, 3.05) is 11.4 Å². The first-order valence-electron chi connectivity index (χ1n) is 5.95. The average molecular weight is 212 g/mol. The molecule has 1 aromatic carbocycles. The van der Waals surface area contributed by atoms with Crippen molar-refractivity contribution in [3.63, 3.8) is 0 Å². The summed E-state index contributed by atoms with van der Waals surface area (Å²) in [6.07, 6.45) is 6.41. The molecule has 0 spiro atoms. The van der Waals surface area contributed by atoms with Gasteiger partial charge in [-0.15, -0.1) is 0 Å². The van der Waals surface area contributed by atoms with Crippen molar-refractivity contribution in [3.8, 4) is 0 Å². The lowest BCUT2D eigenvalue weighted by Gasteiger charge is -2.24. The van der Waals surface area contributed by atoms with E-state index in [-0.39, 0.29) is 0 Å². The SMILES string of the molecule is CC1CCCN1c1ccc2ccncc2c1. The summed E-state index contributed by atoms with van der Waals surface area (Å²) in [5, 5.41) is 2.50. The summed E-state index contributed by atoms with van der Waals surface area (Å²) in [7, 11) is 0. The standard InChI is InChI=1S/C14H16N2/c1-11-3-2-8-16(11)14-5-4-12-6-7-15-10-13(12)9-14/h4-7,9-11H,2-3,8H2,1H3. The van der Waals surface area contributed by atoms with Crippen LogP contribution < -0.4 is 4.90 Å². The highest BCUT2D eigenvalue weighted by Gasteiger charge is 2.20. The first-order chi connectivity index (χ1) is 7.84. The Morgan fingerprint density at radius 1 is 1.25 bits per heavy atom. The molecule has 1 aromatic heterocycles. The van der Waals surface area contributed by atoms with Gasteiger partial charge in [-0.2, -0.15) is 0 Å². The maximum absolute atomic E-state index is 4.18. The molecule has 2 heterocycles. The van der Waals surface area contributed by atoms with E-state index < -0.39 is 0 Å². The van der Waals surface area contributed by atoms with Gasteiger partial charge in [-0.1, -0.05) is 6.07 Å². The molecule has 82 valence electrons. The van der Waals surface area contributed by atoms with Crippen LogP contribution in [0.2, 0.25) is 0 Å². The number of pyridine rings is 1. The molecular weight excluding hydrogens is 196 g/mol. The maximum Gasteiger partial charge on any atom is 0.0375 e. The number of fused-ring (bicyclic) bond motifs is 1. The lowest BCUT2D eigenvalue weighted by Crippen LogP contribution is -2.25. The molecule has 2 aromatic rings. The van der Waals surface area contributed by atoms with Gasteiger partial charge in [0.1, 0.15) is 0 Å². The summed E-state index contributed by atoms with van der Waals surface area (Å²) in [5.74, 6) is 0. The molecule has 0 bridgehead atoms. The average Bonchev–Trinajstić information content (AvgIpc) is 2.75. The van der Waals surface area contributed by atoms with Crippen LogP contribution in [0.25, 0.3) is 10.8 Å². The molecular formula is C14H16N2. The molecule has 2 heteroatoms. The third-order valence-electron chi connectivity index (χ3n) is 3.51. The minimum atomic E-state index is 0.675. The van der Waals surface area contributed by atoms with Crippen molar-refractivity contribution in [1.82, 2.24) is 4.98 Å². The highest BCUT2D eigenvalue weighted by Crippen LogP contribution is 2.27. The van der Waals surface area contributed by atoms with Gasteiger partial charge in [0.25, 0.3) is 0 Å². The zero-order chi connectivity index (χ0) is 11.0. The quantitative estimate of drug-likeness (QED) is 0.721. The van der Waals surface area contributed by atoms with E-state index in [4.69, 9.17) is 0 Å². The lowest BCUT2D eigenvalue weighted by molar-refractivity contribution is 0.735. The Morgan fingerprint density at radius 2 is 2.19 bits per heavy atom. The molecule has 0 radical (unpaired) electrons. The van der Waals surface area contributed by atoms with Crippen LogP contribution in [0.15, 0.2) is 36.7 Å². The van der Waals surface area contributed by atoms with Crippen molar-refractivity contribution in [3.05, 3.63) is 36.7 Å². The topological polar surface area (TPSA) is 16.1 Å². The fourth-order valence-corrected chi connectivity index (χ4v) is 2.57. The number of nitrogens with zero attached hydrogens (tertiary/aromatic N) is 2. The molecule has 3 rings (SSSR count). The van der Waals surface area contributed by atoms with Crippen LogP contribution in [0, 0.1) is 0 Å². The zero-order valence-corrected chi connectivity index (χ0v) is 9.56. The number of aromatic nitrogens is 1. The molecule has 1 saturated heterocycles. The van der Waals surface area contributed by atoms with E-state index >= 15 is 0 Å². The van der Waals surface area contributed by atoms with Crippen LogP contribution in [-0.2, 0) is 0 Å². The largest absolute Gasteiger partial charge is 0.369 e. The van der Waals surface area contributed by atoms with E-state index in [9.17, 15) is 0 Å². The lowest BCUT2D eigenvalue weighted by atomic mass is 10.1. The molecule has 1 fully saturated rings.